The zero-order valence-electron chi connectivity index (χ0n) is 15.5. The summed E-state index contributed by atoms with van der Waals surface area (Å²) in [6.45, 7) is 10.2. The van der Waals surface area contributed by atoms with Gasteiger partial charge in [-0.15, -0.1) is 0 Å². The summed E-state index contributed by atoms with van der Waals surface area (Å²) >= 11 is 0. The first-order chi connectivity index (χ1) is 11.6. The van der Waals surface area contributed by atoms with Crippen LogP contribution in [0.5, 0.6) is 0 Å². The molecule has 1 aromatic heterocycles. The van der Waals surface area contributed by atoms with E-state index in [1.54, 1.807) is 11.0 Å². The second-order valence-corrected chi connectivity index (χ2v) is 7.27. The first-order valence-corrected chi connectivity index (χ1v) is 8.33. The van der Waals surface area contributed by atoms with E-state index in [4.69, 9.17) is 5.73 Å². The Morgan fingerprint density at radius 2 is 1.88 bits per heavy atom. The van der Waals surface area contributed by atoms with E-state index in [2.05, 4.69) is 5.10 Å². The van der Waals surface area contributed by atoms with Gasteiger partial charge in [0.05, 0.1) is 5.54 Å². The number of rotatable bonds is 5. The number of amides is 2. The Morgan fingerprint density at radius 1 is 1.20 bits per heavy atom. The molecule has 2 amide bonds. The lowest BCUT2D eigenvalue weighted by Crippen LogP contribution is -2.35. The molecule has 0 spiro atoms. The van der Waals surface area contributed by atoms with Crippen LogP contribution < -0.4 is 10.6 Å². The highest BCUT2D eigenvalue weighted by Crippen LogP contribution is 2.21. The summed E-state index contributed by atoms with van der Waals surface area (Å²) in [6, 6.07) is 9.37. The number of aromatic nitrogens is 2. The number of carbonyl (C=O) groups is 2. The van der Waals surface area contributed by atoms with Crippen LogP contribution in [0.25, 0.3) is 0 Å². The van der Waals surface area contributed by atoms with Crippen LogP contribution in [0.1, 0.15) is 48.9 Å². The molecule has 0 saturated heterocycles. The summed E-state index contributed by atoms with van der Waals surface area (Å²) in [5, 5.41) is 4.49. The third-order valence-corrected chi connectivity index (χ3v) is 3.88. The molecule has 0 aliphatic rings. The van der Waals surface area contributed by atoms with Gasteiger partial charge in [0.2, 0.25) is 5.91 Å². The fraction of sp³-hybridized carbons (Fsp3) is 0.421. The minimum absolute atomic E-state index is 0.0959. The Morgan fingerprint density at radius 3 is 2.40 bits per heavy atom. The molecule has 0 atom stereocenters. The van der Waals surface area contributed by atoms with E-state index in [9.17, 15) is 9.59 Å². The van der Waals surface area contributed by atoms with Crippen LogP contribution in [0.2, 0.25) is 0 Å². The van der Waals surface area contributed by atoms with Gasteiger partial charge < -0.3 is 10.6 Å². The number of nitrogens with two attached hydrogens (primary N) is 1. The van der Waals surface area contributed by atoms with Gasteiger partial charge in [-0.3, -0.25) is 14.3 Å². The Bertz CT molecular complexity index is 787. The average molecular weight is 342 g/mol. The number of benzene rings is 1. The number of anilines is 1. The lowest BCUT2D eigenvalue weighted by Gasteiger charge is -2.23. The number of primary amides is 1. The van der Waals surface area contributed by atoms with Gasteiger partial charge in [-0.05, 0) is 58.4 Å². The summed E-state index contributed by atoms with van der Waals surface area (Å²) in [7, 11) is 0. The van der Waals surface area contributed by atoms with E-state index in [-0.39, 0.29) is 24.4 Å². The van der Waals surface area contributed by atoms with E-state index >= 15 is 0 Å². The zero-order valence-corrected chi connectivity index (χ0v) is 15.5. The molecule has 25 heavy (non-hydrogen) atoms. The van der Waals surface area contributed by atoms with E-state index in [1.807, 2.05) is 63.6 Å². The van der Waals surface area contributed by atoms with Gasteiger partial charge in [0.15, 0.2) is 5.69 Å². The standard InChI is InChI=1S/C19H26N4O2/c1-13-7-6-8-15(11-13)22(10-9-17(20)24)18(25)16-12-14(2)23(21-16)19(3,4)5/h6-8,11-12H,9-10H2,1-5H3,(H2,20,24). The molecule has 1 aromatic carbocycles. The molecule has 6 heteroatoms. The van der Waals surface area contributed by atoms with E-state index in [1.165, 1.54) is 0 Å². The number of hydrogen-bond donors (Lipinski definition) is 1. The van der Waals surface area contributed by atoms with Gasteiger partial charge in [-0.2, -0.15) is 5.10 Å². The Kier molecular flexibility index (Phi) is 5.30. The normalized spacial score (nSPS) is 11.4. The maximum atomic E-state index is 13.1. The number of nitrogens with zero attached hydrogens (tertiary/aromatic N) is 3. The van der Waals surface area contributed by atoms with Crippen molar-refractivity contribution < 1.29 is 9.59 Å². The molecule has 0 unspecified atom stereocenters. The van der Waals surface area contributed by atoms with Gasteiger partial charge >= 0.3 is 0 Å². The highest BCUT2D eigenvalue weighted by atomic mass is 16.2. The Balaban J connectivity index is 2.40. The molecule has 1 heterocycles. The summed E-state index contributed by atoms with van der Waals surface area (Å²) in [4.78, 5) is 25.8. The van der Waals surface area contributed by atoms with Crippen molar-refractivity contribution in [3.05, 3.63) is 47.3 Å². The third-order valence-electron chi connectivity index (χ3n) is 3.88. The van der Waals surface area contributed by atoms with E-state index in [0.717, 1.165) is 16.9 Å². The van der Waals surface area contributed by atoms with Crippen molar-refractivity contribution in [1.82, 2.24) is 9.78 Å². The quantitative estimate of drug-likeness (QED) is 0.907. The van der Waals surface area contributed by atoms with E-state index in [0.29, 0.717) is 5.69 Å². The van der Waals surface area contributed by atoms with Gasteiger partial charge in [-0.25, -0.2) is 0 Å². The molecule has 0 aliphatic carbocycles. The summed E-state index contributed by atoms with van der Waals surface area (Å²) < 4.78 is 1.84. The van der Waals surface area contributed by atoms with Crippen molar-refractivity contribution in [1.29, 1.82) is 0 Å². The SMILES string of the molecule is Cc1cccc(N(CCC(N)=O)C(=O)c2cc(C)n(C(C)(C)C)n2)c1. The van der Waals surface area contributed by atoms with Crippen molar-refractivity contribution in [3.63, 3.8) is 0 Å². The van der Waals surface area contributed by atoms with Crippen LogP contribution in [0, 0.1) is 13.8 Å². The summed E-state index contributed by atoms with van der Waals surface area (Å²) in [5.74, 6) is -0.681. The fourth-order valence-electron chi connectivity index (χ4n) is 2.76. The molecule has 6 nitrogen and oxygen atoms in total. The van der Waals surface area contributed by atoms with Gasteiger partial charge in [-0.1, -0.05) is 12.1 Å². The lowest BCUT2D eigenvalue weighted by molar-refractivity contribution is -0.117. The highest BCUT2D eigenvalue weighted by Gasteiger charge is 2.24. The molecular formula is C19H26N4O2. The topological polar surface area (TPSA) is 81.2 Å². The monoisotopic (exact) mass is 342 g/mol. The maximum Gasteiger partial charge on any atom is 0.278 e. The Hall–Kier alpha value is -2.63. The molecule has 2 rings (SSSR count). The van der Waals surface area contributed by atoms with Crippen LogP contribution >= 0.6 is 0 Å². The van der Waals surface area contributed by atoms with Gasteiger partial charge in [0, 0.05) is 24.3 Å². The molecule has 2 N–H and O–H groups in total. The highest BCUT2D eigenvalue weighted by molar-refractivity contribution is 6.05. The van der Waals surface area contributed by atoms with E-state index < -0.39 is 5.91 Å². The molecule has 0 aliphatic heterocycles. The number of carbonyl (C=O) groups excluding carboxylic acids is 2. The smallest absolute Gasteiger partial charge is 0.278 e. The van der Waals surface area contributed by atoms with Crippen LogP contribution in [-0.4, -0.2) is 28.1 Å². The molecule has 0 fully saturated rings. The van der Waals surface area contributed by atoms with Crippen molar-refractivity contribution in [2.75, 3.05) is 11.4 Å². The first-order valence-electron chi connectivity index (χ1n) is 8.33. The first kappa shape index (κ1) is 18.7. The predicted molar refractivity (Wildman–Crippen MR) is 98.6 cm³/mol. The predicted octanol–water partition coefficient (Wildman–Crippen LogP) is 2.78. The molecule has 2 aromatic rings. The Labute approximate surface area is 148 Å². The van der Waals surface area contributed by atoms with Crippen molar-refractivity contribution in [2.45, 2.75) is 46.6 Å². The zero-order chi connectivity index (χ0) is 18.8. The fourth-order valence-corrected chi connectivity index (χ4v) is 2.76. The second-order valence-electron chi connectivity index (χ2n) is 7.27. The number of hydrogen-bond acceptors (Lipinski definition) is 3. The molecule has 0 radical (unpaired) electrons. The van der Waals surface area contributed by atoms with Crippen LogP contribution in [0.3, 0.4) is 0 Å². The average Bonchev–Trinajstić information content (AvgIpc) is 2.89. The summed E-state index contributed by atoms with van der Waals surface area (Å²) in [6.07, 6.45) is 0.0959. The molecular weight excluding hydrogens is 316 g/mol. The van der Waals surface area contributed by atoms with Crippen molar-refractivity contribution >= 4 is 17.5 Å². The van der Waals surface area contributed by atoms with Crippen LogP contribution in [-0.2, 0) is 10.3 Å². The second kappa shape index (κ2) is 7.09. The van der Waals surface area contributed by atoms with Crippen LogP contribution in [0.4, 0.5) is 5.69 Å². The third kappa shape index (κ3) is 4.47. The molecule has 0 bridgehead atoms. The van der Waals surface area contributed by atoms with Gasteiger partial charge in [0.1, 0.15) is 0 Å². The van der Waals surface area contributed by atoms with Crippen molar-refractivity contribution in [3.8, 4) is 0 Å². The lowest BCUT2D eigenvalue weighted by atomic mass is 10.1. The molecule has 0 saturated carbocycles. The molecule has 134 valence electrons. The maximum absolute atomic E-state index is 13.1. The number of aryl methyl sites for hydroxylation is 2. The minimum atomic E-state index is -0.443. The minimum Gasteiger partial charge on any atom is -0.370 e. The largest absolute Gasteiger partial charge is 0.370 e. The van der Waals surface area contributed by atoms with Gasteiger partial charge in [0.25, 0.3) is 5.91 Å². The summed E-state index contributed by atoms with van der Waals surface area (Å²) in [5.41, 5.74) is 8.09. The van der Waals surface area contributed by atoms with Crippen molar-refractivity contribution in [2.24, 2.45) is 5.73 Å². The van der Waals surface area contributed by atoms with Crippen LogP contribution in [0.15, 0.2) is 30.3 Å².